The van der Waals surface area contributed by atoms with Crippen LogP contribution in [0.15, 0.2) is 36.7 Å². The summed E-state index contributed by atoms with van der Waals surface area (Å²) in [6.07, 6.45) is -2.26. The summed E-state index contributed by atoms with van der Waals surface area (Å²) in [6, 6.07) is 4.72. The number of hydrogen-bond donors (Lipinski definition) is 0. The highest BCUT2D eigenvalue weighted by molar-refractivity contribution is 5.98. The normalized spacial score (nSPS) is 15.4. The fourth-order valence-corrected chi connectivity index (χ4v) is 3.43. The molecular weight excluding hydrogens is 437 g/mol. The second-order valence-electron chi connectivity index (χ2n) is 8.89. The van der Waals surface area contributed by atoms with E-state index in [-0.39, 0.29) is 18.1 Å². The van der Waals surface area contributed by atoms with Crippen molar-refractivity contribution in [2.24, 2.45) is 0 Å². The SMILES string of the molecule is CC(C)(C)OC(=O)N1CCN(Cc2cnc(CC(=O)c3ccccc3C(F)(F)F)cn2)CC1. The Morgan fingerprint density at radius 3 is 2.15 bits per heavy atom. The van der Waals surface area contributed by atoms with E-state index in [0.29, 0.717) is 44.1 Å². The number of amides is 1. The zero-order valence-corrected chi connectivity index (χ0v) is 18.9. The van der Waals surface area contributed by atoms with Gasteiger partial charge in [-0.05, 0) is 26.8 Å². The third-order valence-electron chi connectivity index (χ3n) is 5.04. The van der Waals surface area contributed by atoms with E-state index in [2.05, 4.69) is 14.9 Å². The molecule has 0 saturated carbocycles. The van der Waals surface area contributed by atoms with Crippen molar-refractivity contribution in [2.75, 3.05) is 26.2 Å². The van der Waals surface area contributed by atoms with E-state index in [0.717, 1.165) is 6.07 Å². The Hall–Kier alpha value is -3.01. The van der Waals surface area contributed by atoms with Crippen LogP contribution in [-0.4, -0.2) is 63.4 Å². The van der Waals surface area contributed by atoms with Gasteiger partial charge in [-0.3, -0.25) is 19.7 Å². The Bertz CT molecular complexity index is 980. The summed E-state index contributed by atoms with van der Waals surface area (Å²) < 4.78 is 44.8. The van der Waals surface area contributed by atoms with Crippen LogP contribution < -0.4 is 0 Å². The highest BCUT2D eigenvalue weighted by Crippen LogP contribution is 2.32. The summed E-state index contributed by atoms with van der Waals surface area (Å²) in [4.78, 5) is 36.9. The second-order valence-corrected chi connectivity index (χ2v) is 8.89. The lowest BCUT2D eigenvalue weighted by Crippen LogP contribution is -2.49. The number of Topliss-reactive ketones (excluding diaryl/α,β-unsaturated/α-hetero) is 1. The lowest BCUT2D eigenvalue weighted by molar-refractivity contribution is -0.137. The number of aromatic nitrogens is 2. The Balaban J connectivity index is 1.54. The zero-order chi connectivity index (χ0) is 24.2. The first-order chi connectivity index (χ1) is 15.4. The molecule has 1 fully saturated rings. The van der Waals surface area contributed by atoms with Crippen molar-refractivity contribution in [2.45, 2.75) is 45.5 Å². The van der Waals surface area contributed by atoms with Gasteiger partial charge in [-0.1, -0.05) is 18.2 Å². The number of benzene rings is 1. The summed E-state index contributed by atoms with van der Waals surface area (Å²) in [7, 11) is 0. The minimum atomic E-state index is -4.60. The van der Waals surface area contributed by atoms with Crippen LogP contribution in [0.2, 0.25) is 0 Å². The van der Waals surface area contributed by atoms with Crippen molar-refractivity contribution in [1.29, 1.82) is 0 Å². The molecule has 1 aromatic carbocycles. The molecule has 2 heterocycles. The topological polar surface area (TPSA) is 75.6 Å². The second kappa shape index (κ2) is 9.86. The molecule has 1 amide bonds. The Morgan fingerprint density at radius 1 is 0.970 bits per heavy atom. The Morgan fingerprint density at radius 2 is 1.58 bits per heavy atom. The molecule has 1 aromatic heterocycles. The van der Waals surface area contributed by atoms with Gasteiger partial charge in [-0.15, -0.1) is 0 Å². The molecule has 0 bridgehead atoms. The van der Waals surface area contributed by atoms with Crippen molar-refractivity contribution in [3.05, 3.63) is 59.2 Å². The predicted molar refractivity (Wildman–Crippen MR) is 115 cm³/mol. The monoisotopic (exact) mass is 464 g/mol. The predicted octanol–water partition coefficient (Wildman–Crippen LogP) is 3.97. The van der Waals surface area contributed by atoms with Crippen LogP contribution in [0.3, 0.4) is 0 Å². The molecule has 2 aromatic rings. The minimum Gasteiger partial charge on any atom is -0.444 e. The van der Waals surface area contributed by atoms with Gasteiger partial charge in [0, 0.05) is 44.5 Å². The molecule has 1 aliphatic rings. The Labute approximate surface area is 190 Å². The van der Waals surface area contributed by atoms with Gasteiger partial charge in [0.15, 0.2) is 5.78 Å². The van der Waals surface area contributed by atoms with Crippen molar-refractivity contribution in [3.63, 3.8) is 0 Å². The van der Waals surface area contributed by atoms with Crippen LogP contribution in [-0.2, 0) is 23.9 Å². The van der Waals surface area contributed by atoms with E-state index < -0.39 is 23.1 Å². The lowest BCUT2D eigenvalue weighted by atomic mass is 10.0. The van der Waals surface area contributed by atoms with Gasteiger partial charge in [0.25, 0.3) is 0 Å². The van der Waals surface area contributed by atoms with E-state index >= 15 is 0 Å². The van der Waals surface area contributed by atoms with Crippen LogP contribution in [0.25, 0.3) is 0 Å². The molecule has 0 atom stereocenters. The first-order valence-corrected chi connectivity index (χ1v) is 10.6. The number of ketones is 1. The van der Waals surface area contributed by atoms with Gasteiger partial charge < -0.3 is 9.64 Å². The third-order valence-corrected chi connectivity index (χ3v) is 5.04. The fraction of sp³-hybridized carbons (Fsp3) is 0.478. The molecule has 0 spiro atoms. The number of alkyl halides is 3. The summed E-state index contributed by atoms with van der Waals surface area (Å²) in [5, 5.41) is 0. The van der Waals surface area contributed by atoms with Crippen LogP contribution >= 0.6 is 0 Å². The largest absolute Gasteiger partial charge is 0.444 e. The van der Waals surface area contributed by atoms with E-state index in [1.807, 2.05) is 20.8 Å². The van der Waals surface area contributed by atoms with Crippen molar-refractivity contribution in [1.82, 2.24) is 19.8 Å². The molecule has 1 saturated heterocycles. The van der Waals surface area contributed by atoms with Crippen molar-refractivity contribution >= 4 is 11.9 Å². The van der Waals surface area contributed by atoms with E-state index in [9.17, 15) is 22.8 Å². The molecule has 7 nitrogen and oxygen atoms in total. The molecule has 3 rings (SSSR count). The summed E-state index contributed by atoms with van der Waals surface area (Å²) in [5.41, 5.74) is -0.895. The number of carbonyl (C=O) groups excluding carboxylic acids is 2. The van der Waals surface area contributed by atoms with Gasteiger partial charge in [-0.25, -0.2) is 4.79 Å². The molecule has 10 heteroatoms. The fourth-order valence-electron chi connectivity index (χ4n) is 3.43. The van der Waals surface area contributed by atoms with Crippen molar-refractivity contribution in [3.8, 4) is 0 Å². The average molecular weight is 464 g/mol. The van der Waals surface area contributed by atoms with Gasteiger partial charge >= 0.3 is 12.3 Å². The van der Waals surface area contributed by atoms with Gasteiger partial charge in [0.1, 0.15) is 5.60 Å². The highest BCUT2D eigenvalue weighted by atomic mass is 19.4. The number of nitrogens with zero attached hydrogens (tertiary/aromatic N) is 4. The summed E-state index contributed by atoms with van der Waals surface area (Å²) >= 11 is 0. The maximum Gasteiger partial charge on any atom is 0.417 e. The van der Waals surface area contributed by atoms with E-state index in [4.69, 9.17) is 4.74 Å². The van der Waals surface area contributed by atoms with Crippen LogP contribution in [0.5, 0.6) is 0 Å². The van der Waals surface area contributed by atoms with E-state index in [1.165, 1.54) is 30.6 Å². The zero-order valence-electron chi connectivity index (χ0n) is 18.9. The molecule has 0 aliphatic carbocycles. The lowest BCUT2D eigenvalue weighted by Gasteiger charge is -2.35. The number of halogens is 3. The standard InChI is InChI=1S/C23H27F3N4O3/c1-22(2,3)33-21(32)30-10-8-29(9-11-30)15-17-14-27-16(13-28-17)12-20(31)18-6-4-5-7-19(18)23(24,25)26/h4-7,13-14H,8-12,15H2,1-3H3. The third kappa shape index (κ3) is 6.98. The molecule has 0 unspecified atom stereocenters. The quantitative estimate of drug-likeness (QED) is 0.624. The molecule has 1 aliphatic heterocycles. The van der Waals surface area contributed by atoms with E-state index in [1.54, 1.807) is 4.90 Å². The van der Waals surface area contributed by atoms with Gasteiger partial charge in [0.2, 0.25) is 0 Å². The molecular formula is C23H27F3N4O3. The summed E-state index contributed by atoms with van der Waals surface area (Å²) in [5.74, 6) is -0.664. The maximum atomic E-state index is 13.2. The van der Waals surface area contributed by atoms with Crippen LogP contribution in [0, 0.1) is 0 Å². The number of hydrogen-bond acceptors (Lipinski definition) is 6. The maximum absolute atomic E-state index is 13.2. The molecule has 178 valence electrons. The smallest absolute Gasteiger partial charge is 0.417 e. The minimum absolute atomic E-state index is 0.269. The molecule has 0 N–H and O–H groups in total. The van der Waals surface area contributed by atoms with Gasteiger partial charge in [-0.2, -0.15) is 13.2 Å². The highest BCUT2D eigenvalue weighted by Gasteiger charge is 2.34. The number of piperazine rings is 1. The first-order valence-electron chi connectivity index (χ1n) is 10.6. The summed E-state index contributed by atoms with van der Waals surface area (Å²) in [6.45, 7) is 8.36. The number of ether oxygens (including phenoxy) is 1. The molecule has 33 heavy (non-hydrogen) atoms. The van der Waals surface area contributed by atoms with Crippen molar-refractivity contribution < 1.29 is 27.5 Å². The number of carbonyl (C=O) groups is 2. The Kier molecular flexibility index (Phi) is 7.36. The van der Waals surface area contributed by atoms with Crippen LogP contribution in [0.4, 0.5) is 18.0 Å². The number of rotatable bonds is 5. The first kappa shape index (κ1) is 24.6. The average Bonchev–Trinajstić information content (AvgIpc) is 2.74. The molecule has 0 radical (unpaired) electrons. The van der Waals surface area contributed by atoms with Gasteiger partial charge in [0.05, 0.1) is 29.6 Å². The van der Waals surface area contributed by atoms with Crippen LogP contribution in [0.1, 0.15) is 48.1 Å².